The van der Waals surface area contributed by atoms with Crippen LogP contribution in [0.3, 0.4) is 0 Å². The molecule has 2 aromatic heterocycles. The lowest BCUT2D eigenvalue weighted by molar-refractivity contribution is 0.457. The summed E-state index contributed by atoms with van der Waals surface area (Å²) in [6.45, 7) is 10.2. The molecule has 0 spiro atoms. The summed E-state index contributed by atoms with van der Waals surface area (Å²) in [5.41, 5.74) is 5.13. The second kappa shape index (κ2) is 5.76. The molecule has 0 aliphatic carbocycles. The number of nitrogens with zero attached hydrogens (tertiary/aromatic N) is 3. The Kier molecular flexibility index (Phi) is 4.25. The maximum Gasteiger partial charge on any atom is 0.138 e. The van der Waals surface area contributed by atoms with Crippen molar-refractivity contribution < 1.29 is 4.42 Å². The van der Waals surface area contributed by atoms with Crippen LogP contribution < -0.4 is 11.3 Å². The Morgan fingerprint density at radius 2 is 2.00 bits per heavy atom. The Bertz CT molecular complexity index is 584. The minimum absolute atomic E-state index is 0.0332. The number of hydrogen-bond donors (Lipinski definition) is 2. The molecule has 0 saturated heterocycles. The second-order valence-corrected chi connectivity index (χ2v) is 5.39. The molecule has 6 heteroatoms. The summed E-state index contributed by atoms with van der Waals surface area (Å²) in [5.74, 6) is 8.50. The molecule has 6 nitrogen and oxygen atoms in total. The summed E-state index contributed by atoms with van der Waals surface area (Å²) in [6, 6.07) is 0.244. The number of nitrogens with two attached hydrogens (primary N) is 1. The smallest absolute Gasteiger partial charge is 0.138 e. The van der Waals surface area contributed by atoms with Gasteiger partial charge in [0.05, 0.1) is 6.04 Å². The Morgan fingerprint density at radius 3 is 2.50 bits per heavy atom. The normalized spacial score (nSPS) is 13.2. The van der Waals surface area contributed by atoms with E-state index in [1.54, 1.807) is 6.33 Å². The van der Waals surface area contributed by atoms with E-state index < -0.39 is 0 Å². The topological polar surface area (TPSA) is 81.9 Å². The first kappa shape index (κ1) is 14.7. The average molecular weight is 277 g/mol. The molecule has 2 heterocycles. The van der Waals surface area contributed by atoms with Crippen molar-refractivity contribution in [3.8, 4) is 0 Å². The van der Waals surface area contributed by atoms with Crippen molar-refractivity contribution in [3.05, 3.63) is 34.8 Å². The van der Waals surface area contributed by atoms with Crippen molar-refractivity contribution in [1.82, 2.24) is 20.2 Å². The first-order valence-electron chi connectivity index (χ1n) is 6.86. The highest BCUT2D eigenvalue weighted by Gasteiger charge is 2.22. The third kappa shape index (κ3) is 2.62. The van der Waals surface area contributed by atoms with Crippen LogP contribution in [-0.4, -0.2) is 14.8 Å². The number of hydrazine groups is 1. The van der Waals surface area contributed by atoms with Crippen molar-refractivity contribution in [3.63, 3.8) is 0 Å². The highest BCUT2D eigenvalue weighted by atomic mass is 16.3. The lowest BCUT2D eigenvalue weighted by atomic mass is 9.99. The van der Waals surface area contributed by atoms with Crippen LogP contribution in [0.5, 0.6) is 0 Å². The van der Waals surface area contributed by atoms with Gasteiger partial charge >= 0.3 is 0 Å². The number of aryl methyl sites for hydroxylation is 2. The highest BCUT2D eigenvalue weighted by molar-refractivity contribution is 5.34. The van der Waals surface area contributed by atoms with E-state index in [2.05, 4.69) is 36.3 Å². The summed E-state index contributed by atoms with van der Waals surface area (Å²) in [7, 11) is 0. The predicted octanol–water partition coefficient (Wildman–Crippen LogP) is 2.12. The van der Waals surface area contributed by atoms with Crippen LogP contribution in [0.2, 0.25) is 0 Å². The standard InChI is InChI=1S/C14H23N5O/c1-8(2)19-13(16-7-17-19)6-12(18-15)14-9(3)10(4)20-11(14)5/h7-8,12,18H,6,15H2,1-5H3. The Morgan fingerprint density at radius 1 is 1.30 bits per heavy atom. The fourth-order valence-electron chi connectivity index (χ4n) is 2.60. The first-order valence-corrected chi connectivity index (χ1v) is 6.86. The molecule has 3 N–H and O–H groups in total. The molecule has 0 aromatic carbocycles. The van der Waals surface area contributed by atoms with Gasteiger partial charge in [0, 0.05) is 18.0 Å². The molecular weight excluding hydrogens is 254 g/mol. The quantitative estimate of drug-likeness (QED) is 0.646. The summed E-state index contributed by atoms with van der Waals surface area (Å²) in [6.07, 6.45) is 2.26. The van der Waals surface area contributed by atoms with Gasteiger partial charge in [0.25, 0.3) is 0 Å². The zero-order chi connectivity index (χ0) is 14.9. The summed E-state index contributed by atoms with van der Waals surface area (Å²) in [5, 5.41) is 4.26. The lowest BCUT2D eigenvalue weighted by Gasteiger charge is -2.17. The number of hydrogen-bond acceptors (Lipinski definition) is 5. The fraction of sp³-hybridized carbons (Fsp3) is 0.571. The molecule has 2 aromatic rings. The molecule has 20 heavy (non-hydrogen) atoms. The van der Waals surface area contributed by atoms with Crippen LogP contribution in [0.4, 0.5) is 0 Å². The molecule has 1 atom stereocenters. The highest BCUT2D eigenvalue weighted by Crippen LogP contribution is 2.28. The number of rotatable bonds is 5. The summed E-state index contributed by atoms with van der Waals surface area (Å²) in [4.78, 5) is 4.34. The average Bonchev–Trinajstić information content (AvgIpc) is 2.94. The first-order chi connectivity index (χ1) is 9.45. The van der Waals surface area contributed by atoms with Gasteiger partial charge in [0.2, 0.25) is 0 Å². The minimum Gasteiger partial charge on any atom is -0.466 e. The van der Waals surface area contributed by atoms with Gasteiger partial charge < -0.3 is 4.42 Å². The molecule has 0 radical (unpaired) electrons. The van der Waals surface area contributed by atoms with Crippen molar-refractivity contribution >= 4 is 0 Å². The number of furan rings is 1. The van der Waals surface area contributed by atoms with Gasteiger partial charge in [-0.1, -0.05) is 0 Å². The monoisotopic (exact) mass is 277 g/mol. The van der Waals surface area contributed by atoms with Crippen LogP contribution in [0.25, 0.3) is 0 Å². The van der Waals surface area contributed by atoms with Crippen LogP contribution in [0.15, 0.2) is 10.7 Å². The van der Waals surface area contributed by atoms with Gasteiger partial charge in [-0.15, -0.1) is 0 Å². The van der Waals surface area contributed by atoms with Crippen molar-refractivity contribution in [2.24, 2.45) is 5.84 Å². The van der Waals surface area contributed by atoms with E-state index in [0.717, 1.165) is 28.5 Å². The van der Waals surface area contributed by atoms with Gasteiger partial charge in [0.1, 0.15) is 23.7 Å². The lowest BCUT2D eigenvalue weighted by Crippen LogP contribution is -2.31. The molecule has 0 fully saturated rings. The SMILES string of the molecule is Cc1oc(C)c(C(Cc2ncnn2C(C)C)NN)c1C. The van der Waals surface area contributed by atoms with Crippen molar-refractivity contribution in [1.29, 1.82) is 0 Å². The van der Waals surface area contributed by atoms with Gasteiger partial charge in [0.15, 0.2) is 0 Å². The van der Waals surface area contributed by atoms with Crippen LogP contribution in [0.1, 0.15) is 54.4 Å². The van der Waals surface area contributed by atoms with E-state index >= 15 is 0 Å². The van der Waals surface area contributed by atoms with E-state index in [1.807, 2.05) is 18.5 Å². The fourth-order valence-corrected chi connectivity index (χ4v) is 2.60. The molecule has 0 aliphatic heterocycles. The number of nitrogens with one attached hydrogen (secondary N) is 1. The number of aromatic nitrogens is 3. The van der Waals surface area contributed by atoms with E-state index in [4.69, 9.17) is 10.3 Å². The minimum atomic E-state index is -0.0332. The summed E-state index contributed by atoms with van der Waals surface area (Å²) >= 11 is 0. The molecular formula is C14H23N5O. The third-order valence-corrected chi connectivity index (χ3v) is 3.69. The zero-order valence-electron chi connectivity index (χ0n) is 12.8. The maximum absolute atomic E-state index is 5.75. The van der Waals surface area contributed by atoms with Crippen LogP contribution >= 0.6 is 0 Å². The molecule has 0 saturated carbocycles. The van der Waals surface area contributed by atoms with Crippen LogP contribution in [0, 0.1) is 20.8 Å². The maximum atomic E-state index is 5.75. The van der Waals surface area contributed by atoms with Crippen LogP contribution in [-0.2, 0) is 6.42 Å². The van der Waals surface area contributed by atoms with Crippen molar-refractivity contribution in [2.45, 2.75) is 53.1 Å². The van der Waals surface area contributed by atoms with Gasteiger partial charge in [-0.25, -0.2) is 9.67 Å². The summed E-state index contributed by atoms with van der Waals surface area (Å²) < 4.78 is 7.61. The zero-order valence-corrected chi connectivity index (χ0v) is 12.8. The van der Waals surface area contributed by atoms with E-state index in [9.17, 15) is 0 Å². The Balaban J connectivity index is 2.32. The molecule has 2 rings (SSSR count). The van der Waals surface area contributed by atoms with Gasteiger partial charge in [-0.3, -0.25) is 11.3 Å². The van der Waals surface area contributed by atoms with E-state index in [-0.39, 0.29) is 12.1 Å². The molecule has 110 valence electrons. The predicted molar refractivity (Wildman–Crippen MR) is 77.1 cm³/mol. The van der Waals surface area contributed by atoms with Gasteiger partial charge in [-0.2, -0.15) is 5.10 Å². The van der Waals surface area contributed by atoms with Gasteiger partial charge in [-0.05, 0) is 40.2 Å². The molecule has 0 bridgehead atoms. The Hall–Kier alpha value is -1.66. The molecule has 0 amide bonds. The largest absolute Gasteiger partial charge is 0.466 e. The second-order valence-electron chi connectivity index (χ2n) is 5.39. The Labute approximate surface area is 119 Å². The van der Waals surface area contributed by atoms with E-state index in [1.165, 1.54) is 0 Å². The van der Waals surface area contributed by atoms with Crippen molar-refractivity contribution in [2.75, 3.05) is 0 Å². The van der Waals surface area contributed by atoms with E-state index in [0.29, 0.717) is 6.42 Å². The third-order valence-electron chi connectivity index (χ3n) is 3.69. The molecule has 0 aliphatic rings. The molecule has 1 unspecified atom stereocenters.